The summed E-state index contributed by atoms with van der Waals surface area (Å²) in [5, 5.41) is 1.72. The van der Waals surface area contributed by atoms with E-state index >= 15 is 0 Å². The first kappa shape index (κ1) is 9.92. The summed E-state index contributed by atoms with van der Waals surface area (Å²) in [6.07, 6.45) is 0.409. The number of hydrogen-bond donors (Lipinski definition) is 1. The Kier molecular flexibility index (Phi) is 2.27. The summed E-state index contributed by atoms with van der Waals surface area (Å²) in [6, 6.07) is 0. The van der Waals surface area contributed by atoms with Crippen molar-refractivity contribution in [3.8, 4) is 0 Å². The lowest BCUT2D eigenvalue weighted by molar-refractivity contribution is -0.140. The van der Waals surface area contributed by atoms with Crippen molar-refractivity contribution in [3.05, 3.63) is 0 Å². The van der Waals surface area contributed by atoms with Gasteiger partial charge >= 0.3 is 5.97 Å². The third-order valence-corrected chi connectivity index (χ3v) is 5.65. The molecular formula is C8H13NO4S. The van der Waals surface area contributed by atoms with E-state index in [-0.39, 0.29) is 11.2 Å². The number of rotatable bonds is 1. The zero-order valence-corrected chi connectivity index (χ0v) is 8.71. The number of nitrogens with one attached hydrogen (secondary N) is 1. The normalized spacial score (nSPS) is 39.4. The van der Waals surface area contributed by atoms with Crippen molar-refractivity contribution >= 4 is 15.8 Å². The molecule has 0 amide bonds. The lowest BCUT2D eigenvalue weighted by Crippen LogP contribution is -2.33. The Hall–Kier alpha value is -0.620. The molecule has 80 valence electrons. The van der Waals surface area contributed by atoms with Crippen LogP contribution in [0.3, 0.4) is 0 Å². The van der Waals surface area contributed by atoms with Crippen molar-refractivity contribution in [2.75, 3.05) is 20.2 Å². The quantitative estimate of drug-likeness (QED) is 0.569. The van der Waals surface area contributed by atoms with Gasteiger partial charge in [-0.25, -0.2) is 8.42 Å². The Morgan fingerprint density at radius 2 is 2.14 bits per heavy atom. The summed E-state index contributed by atoms with van der Waals surface area (Å²) in [6.45, 7) is 1.16. The van der Waals surface area contributed by atoms with Gasteiger partial charge < -0.3 is 10.1 Å². The monoisotopic (exact) mass is 219 g/mol. The molecule has 2 aliphatic rings. The van der Waals surface area contributed by atoms with Gasteiger partial charge in [0.15, 0.2) is 15.1 Å². The first-order chi connectivity index (χ1) is 6.57. The summed E-state index contributed by atoms with van der Waals surface area (Å²) >= 11 is 0. The second-order valence-electron chi connectivity index (χ2n) is 3.79. The summed E-state index contributed by atoms with van der Waals surface area (Å²) < 4.78 is 28.2. The van der Waals surface area contributed by atoms with Crippen LogP contribution in [0.15, 0.2) is 0 Å². The van der Waals surface area contributed by atoms with Gasteiger partial charge in [-0.15, -0.1) is 0 Å². The largest absolute Gasteiger partial charge is 0.468 e. The summed E-state index contributed by atoms with van der Waals surface area (Å²) in [7, 11) is -2.09. The van der Waals surface area contributed by atoms with E-state index in [1.165, 1.54) is 7.11 Å². The highest BCUT2D eigenvalue weighted by atomic mass is 32.2. The fraction of sp³-hybridized carbons (Fsp3) is 0.875. The minimum Gasteiger partial charge on any atom is -0.468 e. The predicted molar refractivity (Wildman–Crippen MR) is 49.5 cm³/mol. The van der Waals surface area contributed by atoms with Crippen molar-refractivity contribution < 1.29 is 17.9 Å². The number of ether oxygens (including phenoxy) is 1. The molecule has 2 heterocycles. The average molecular weight is 219 g/mol. The SMILES string of the molecule is COC(=O)C1C[C@@H]2CNC[C@@H]2S1(=O)=O. The Bertz CT molecular complexity index is 350. The van der Waals surface area contributed by atoms with E-state index in [1.807, 2.05) is 0 Å². The molecule has 14 heavy (non-hydrogen) atoms. The molecule has 2 aliphatic heterocycles. The van der Waals surface area contributed by atoms with Gasteiger partial charge in [-0.1, -0.05) is 0 Å². The Morgan fingerprint density at radius 3 is 2.71 bits per heavy atom. The maximum Gasteiger partial charge on any atom is 0.324 e. The molecule has 5 nitrogen and oxygen atoms in total. The summed E-state index contributed by atoms with van der Waals surface area (Å²) in [4.78, 5) is 11.2. The fourth-order valence-electron chi connectivity index (χ4n) is 2.31. The molecule has 2 saturated heterocycles. The minimum atomic E-state index is -3.31. The molecule has 0 aliphatic carbocycles. The van der Waals surface area contributed by atoms with Crippen molar-refractivity contribution in [1.82, 2.24) is 5.32 Å². The zero-order valence-electron chi connectivity index (χ0n) is 7.89. The van der Waals surface area contributed by atoms with Crippen LogP contribution in [0.2, 0.25) is 0 Å². The summed E-state index contributed by atoms with van der Waals surface area (Å²) in [5.74, 6) is -0.525. The smallest absolute Gasteiger partial charge is 0.324 e. The lowest BCUT2D eigenvalue weighted by Gasteiger charge is -2.09. The molecule has 3 atom stereocenters. The molecule has 0 saturated carbocycles. The number of fused-ring (bicyclic) bond motifs is 1. The van der Waals surface area contributed by atoms with Crippen LogP contribution in [0, 0.1) is 5.92 Å². The van der Waals surface area contributed by atoms with Crippen LogP contribution in [0.4, 0.5) is 0 Å². The number of sulfone groups is 1. The topological polar surface area (TPSA) is 72.5 Å². The van der Waals surface area contributed by atoms with Crippen LogP contribution in [0.1, 0.15) is 6.42 Å². The summed E-state index contributed by atoms with van der Waals surface area (Å²) in [5.41, 5.74) is 0. The fourth-order valence-corrected chi connectivity index (χ4v) is 4.71. The number of methoxy groups -OCH3 is 1. The molecular weight excluding hydrogens is 206 g/mol. The van der Waals surface area contributed by atoms with E-state index in [9.17, 15) is 13.2 Å². The standard InChI is InChI=1S/C8H13NO4S/c1-13-8(10)6-2-5-3-9-4-7(5)14(6,11)12/h5-7,9H,2-4H2,1H3/t5-,6?,7+/m1/s1. The molecule has 2 fully saturated rings. The second-order valence-corrected chi connectivity index (χ2v) is 6.15. The molecule has 6 heteroatoms. The van der Waals surface area contributed by atoms with Crippen molar-refractivity contribution in [1.29, 1.82) is 0 Å². The Morgan fingerprint density at radius 1 is 1.43 bits per heavy atom. The van der Waals surface area contributed by atoms with Crippen LogP contribution in [0.5, 0.6) is 0 Å². The molecule has 1 N–H and O–H groups in total. The van der Waals surface area contributed by atoms with Crippen LogP contribution < -0.4 is 5.32 Å². The average Bonchev–Trinajstić information content (AvgIpc) is 2.68. The molecule has 0 aromatic heterocycles. The molecule has 0 spiro atoms. The first-order valence-corrected chi connectivity index (χ1v) is 6.19. The lowest BCUT2D eigenvalue weighted by atomic mass is 10.0. The van der Waals surface area contributed by atoms with E-state index in [4.69, 9.17) is 0 Å². The van der Waals surface area contributed by atoms with Crippen LogP contribution >= 0.6 is 0 Å². The third kappa shape index (κ3) is 1.25. The van der Waals surface area contributed by atoms with Crippen molar-refractivity contribution in [2.45, 2.75) is 16.9 Å². The van der Waals surface area contributed by atoms with Gasteiger partial charge in [-0.3, -0.25) is 4.79 Å². The number of carbonyl (C=O) groups excluding carboxylic acids is 1. The molecule has 0 aromatic carbocycles. The highest BCUT2D eigenvalue weighted by Gasteiger charge is 2.53. The van der Waals surface area contributed by atoms with E-state index in [1.54, 1.807) is 0 Å². The number of carbonyl (C=O) groups is 1. The zero-order chi connectivity index (χ0) is 10.3. The van der Waals surface area contributed by atoms with Crippen LogP contribution in [-0.2, 0) is 19.4 Å². The minimum absolute atomic E-state index is 0.0871. The molecule has 0 radical (unpaired) electrons. The Balaban J connectivity index is 2.28. The van der Waals surface area contributed by atoms with Crippen molar-refractivity contribution in [3.63, 3.8) is 0 Å². The highest BCUT2D eigenvalue weighted by Crippen LogP contribution is 2.35. The molecule has 0 bridgehead atoms. The molecule has 2 rings (SSSR count). The van der Waals surface area contributed by atoms with E-state index in [2.05, 4.69) is 10.1 Å². The maximum absolute atomic E-state index is 11.8. The third-order valence-electron chi connectivity index (χ3n) is 3.08. The van der Waals surface area contributed by atoms with Gasteiger partial charge in [-0.05, 0) is 18.9 Å². The number of hydrogen-bond acceptors (Lipinski definition) is 5. The van der Waals surface area contributed by atoms with Crippen LogP contribution in [-0.4, -0.2) is 45.1 Å². The van der Waals surface area contributed by atoms with Gasteiger partial charge in [0, 0.05) is 6.54 Å². The van der Waals surface area contributed by atoms with Gasteiger partial charge in [0.25, 0.3) is 0 Å². The highest BCUT2D eigenvalue weighted by molar-refractivity contribution is 7.93. The predicted octanol–water partition coefficient (Wildman–Crippen LogP) is -1.07. The van der Waals surface area contributed by atoms with Gasteiger partial charge in [0.2, 0.25) is 0 Å². The molecule has 1 unspecified atom stereocenters. The Labute approximate surface area is 82.7 Å². The van der Waals surface area contributed by atoms with E-state index in [0.29, 0.717) is 19.5 Å². The van der Waals surface area contributed by atoms with Gasteiger partial charge in [0.05, 0.1) is 12.4 Å². The van der Waals surface area contributed by atoms with Gasteiger partial charge in [-0.2, -0.15) is 0 Å². The van der Waals surface area contributed by atoms with E-state index < -0.39 is 21.1 Å². The molecule has 0 aromatic rings. The van der Waals surface area contributed by atoms with Crippen molar-refractivity contribution in [2.24, 2.45) is 5.92 Å². The van der Waals surface area contributed by atoms with Crippen LogP contribution in [0.25, 0.3) is 0 Å². The second kappa shape index (κ2) is 3.20. The number of esters is 1. The van der Waals surface area contributed by atoms with E-state index in [0.717, 1.165) is 0 Å². The maximum atomic E-state index is 11.8. The van der Waals surface area contributed by atoms with Gasteiger partial charge in [0.1, 0.15) is 0 Å². The first-order valence-electron chi connectivity index (χ1n) is 4.58.